The van der Waals surface area contributed by atoms with Crippen molar-refractivity contribution in [2.75, 3.05) is 13.1 Å². The van der Waals surface area contributed by atoms with Gasteiger partial charge >= 0.3 is 6.09 Å². The van der Waals surface area contributed by atoms with Crippen molar-refractivity contribution in [2.24, 2.45) is 0 Å². The maximum Gasteiger partial charge on any atom is 0.407 e. The van der Waals surface area contributed by atoms with Gasteiger partial charge in [0.1, 0.15) is 5.60 Å². The van der Waals surface area contributed by atoms with Crippen molar-refractivity contribution < 1.29 is 14.6 Å². The maximum atomic E-state index is 11.3. The van der Waals surface area contributed by atoms with E-state index in [2.05, 4.69) is 10.6 Å². The SMILES string of the molecule is CC(C)(C)OC(=O)NCC[C@@H]1C[C@@H](O)CN1. The molecule has 0 saturated carbocycles. The Morgan fingerprint density at radius 1 is 1.56 bits per heavy atom. The summed E-state index contributed by atoms with van der Waals surface area (Å²) in [5.41, 5.74) is -0.452. The zero-order chi connectivity index (χ0) is 12.2. The highest BCUT2D eigenvalue weighted by Crippen LogP contribution is 2.09. The van der Waals surface area contributed by atoms with Crippen molar-refractivity contribution in [2.45, 2.75) is 51.4 Å². The van der Waals surface area contributed by atoms with E-state index < -0.39 is 5.60 Å². The van der Waals surface area contributed by atoms with Gasteiger partial charge in [-0.1, -0.05) is 0 Å². The summed E-state index contributed by atoms with van der Waals surface area (Å²) in [6.45, 7) is 6.72. The first-order chi connectivity index (χ1) is 7.37. The molecular formula is C11H22N2O3. The summed E-state index contributed by atoms with van der Waals surface area (Å²) in [6, 6.07) is 0.296. The summed E-state index contributed by atoms with van der Waals surface area (Å²) in [7, 11) is 0. The molecule has 0 unspecified atom stereocenters. The number of ether oxygens (including phenoxy) is 1. The van der Waals surface area contributed by atoms with Crippen LogP contribution in [0.15, 0.2) is 0 Å². The van der Waals surface area contributed by atoms with E-state index in [4.69, 9.17) is 4.74 Å². The number of β-amino-alcohol motifs (C(OH)–C–C–N with tert-alkyl or cyclic N) is 1. The number of carbonyl (C=O) groups excluding carboxylic acids is 1. The van der Waals surface area contributed by atoms with Crippen LogP contribution in [0.1, 0.15) is 33.6 Å². The Balaban J connectivity index is 2.09. The Bertz CT molecular complexity index is 238. The van der Waals surface area contributed by atoms with E-state index in [-0.39, 0.29) is 12.2 Å². The molecule has 2 atom stereocenters. The molecule has 0 aromatic heterocycles. The fourth-order valence-electron chi connectivity index (χ4n) is 1.68. The van der Waals surface area contributed by atoms with E-state index in [0.29, 0.717) is 19.1 Å². The normalized spacial score (nSPS) is 25.5. The molecule has 1 aliphatic rings. The standard InChI is InChI=1S/C11H22N2O3/c1-11(2,3)16-10(15)12-5-4-8-6-9(14)7-13-8/h8-9,13-14H,4-7H2,1-3H3,(H,12,15)/t8-,9-/m1/s1. The van der Waals surface area contributed by atoms with Crippen LogP contribution in [0.4, 0.5) is 4.79 Å². The number of hydrogen-bond donors (Lipinski definition) is 3. The van der Waals surface area contributed by atoms with Crippen LogP contribution in [0.25, 0.3) is 0 Å². The molecule has 1 fully saturated rings. The van der Waals surface area contributed by atoms with E-state index in [0.717, 1.165) is 12.8 Å². The van der Waals surface area contributed by atoms with Gasteiger partial charge in [0.15, 0.2) is 0 Å². The first kappa shape index (κ1) is 13.3. The molecular weight excluding hydrogens is 208 g/mol. The first-order valence-corrected chi connectivity index (χ1v) is 5.75. The van der Waals surface area contributed by atoms with Crippen molar-refractivity contribution in [1.29, 1.82) is 0 Å². The van der Waals surface area contributed by atoms with Crippen molar-refractivity contribution in [3.05, 3.63) is 0 Å². The third-order valence-corrected chi connectivity index (χ3v) is 2.36. The number of hydrogen-bond acceptors (Lipinski definition) is 4. The summed E-state index contributed by atoms with van der Waals surface area (Å²) in [5.74, 6) is 0. The van der Waals surface area contributed by atoms with Crippen molar-refractivity contribution in [1.82, 2.24) is 10.6 Å². The molecule has 1 amide bonds. The van der Waals surface area contributed by atoms with Crippen LogP contribution < -0.4 is 10.6 Å². The zero-order valence-corrected chi connectivity index (χ0v) is 10.2. The molecule has 0 aromatic carbocycles. The second kappa shape index (κ2) is 5.50. The van der Waals surface area contributed by atoms with Gasteiger partial charge in [0, 0.05) is 19.1 Å². The van der Waals surface area contributed by atoms with Gasteiger partial charge in [0.2, 0.25) is 0 Å². The van der Waals surface area contributed by atoms with Gasteiger partial charge in [0.05, 0.1) is 6.10 Å². The minimum absolute atomic E-state index is 0.244. The summed E-state index contributed by atoms with van der Waals surface area (Å²) >= 11 is 0. The van der Waals surface area contributed by atoms with E-state index in [1.807, 2.05) is 20.8 Å². The molecule has 1 aliphatic heterocycles. The number of alkyl carbamates (subject to hydrolysis) is 1. The molecule has 0 aliphatic carbocycles. The zero-order valence-electron chi connectivity index (χ0n) is 10.2. The van der Waals surface area contributed by atoms with Gasteiger partial charge in [-0.25, -0.2) is 4.79 Å². The van der Waals surface area contributed by atoms with E-state index in [1.54, 1.807) is 0 Å². The molecule has 1 rings (SSSR count). The highest BCUT2D eigenvalue weighted by molar-refractivity contribution is 5.67. The Morgan fingerprint density at radius 3 is 2.75 bits per heavy atom. The summed E-state index contributed by atoms with van der Waals surface area (Å²) in [5, 5.41) is 15.2. The number of carbonyl (C=O) groups is 1. The lowest BCUT2D eigenvalue weighted by molar-refractivity contribution is 0.0526. The van der Waals surface area contributed by atoms with Gasteiger partial charge in [-0.15, -0.1) is 0 Å². The summed E-state index contributed by atoms with van der Waals surface area (Å²) < 4.78 is 5.10. The molecule has 5 heteroatoms. The van der Waals surface area contributed by atoms with Gasteiger partial charge in [-0.2, -0.15) is 0 Å². The lowest BCUT2D eigenvalue weighted by atomic mass is 10.1. The van der Waals surface area contributed by atoms with Crippen molar-refractivity contribution in [3.63, 3.8) is 0 Å². The van der Waals surface area contributed by atoms with E-state index in [1.165, 1.54) is 0 Å². The Morgan fingerprint density at radius 2 is 2.25 bits per heavy atom. The van der Waals surface area contributed by atoms with E-state index >= 15 is 0 Å². The highest BCUT2D eigenvalue weighted by atomic mass is 16.6. The molecule has 0 radical (unpaired) electrons. The number of amides is 1. The van der Waals surface area contributed by atoms with E-state index in [9.17, 15) is 9.90 Å². The van der Waals surface area contributed by atoms with Crippen LogP contribution in [0.5, 0.6) is 0 Å². The van der Waals surface area contributed by atoms with Crippen molar-refractivity contribution >= 4 is 6.09 Å². The number of nitrogens with one attached hydrogen (secondary N) is 2. The molecule has 3 N–H and O–H groups in total. The van der Waals surface area contributed by atoms with Crippen LogP contribution in [-0.2, 0) is 4.74 Å². The van der Waals surface area contributed by atoms with Gasteiger partial charge < -0.3 is 20.5 Å². The van der Waals surface area contributed by atoms with Crippen molar-refractivity contribution in [3.8, 4) is 0 Å². The van der Waals surface area contributed by atoms with Gasteiger partial charge in [-0.05, 0) is 33.6 Å². The number of rotatable bonds is 3. The molecule has 94 valence electrons. The second-order valence-electron chi connectivity index (χ2n) is 5.21. The second-order valence-corrected chi connectivity index (χ2v) is 5.21. The minimum Gasteiger partial charge on any atom is -0.444 e. The predicted octanol–water partition coefficient (Wildman–Crippen LogP) is 0.624. The predicted molar refractivity (Wildman–Crippen MR) is 61.3 cm³/mol. The molecule has 1 saturated heterocycles. The van der Waals surface area contributed by atoms with Crippen LogP contribution in [0.2, 0.25) is 0 Å². The molecule has 0 bridgehead atoms. The Labute approximate surface area is 96.6 Å². The number of aliphatic hydroxyl groups excluding tert-OH is 1. The third-order valence-electron chi connectivity index (χ3n) is 2.36. The molecule has 0 aromatic rings. The molecule has 16 heavy (non-hydrogen) atoms. The minimum atomic E-state index is -0.452. The van der Waals surface area contributed by atoms with Crippen LogP contribution in [0.3, 0.4) is 0 Å². The summed E-state index contributed by atoms with van der Waals surface area (Å²) in [6.07, 6.45) is 0.948. The lowest BCUT2D eigenvalue weighted by Gasteiger charge is -2.20. The molecule has 0 spiro atoms. The highest BCUT2D eigenvalue weighted by Gasteiger charge is 2.22. The quantitative estimate of drug-likeness (QED) is 0.665. The molecule has 5 nitrogen and oxygen atoms in total. The van der Waals surface area contributed by atoms with Gasteiger partial charge in [0.25, 0.3) is 0 Å². The fourth-order valence-corrected chi connectivity index (χ4v) is 1.68. The third kappa shape index (κ3) is 5.32. The average Bonchev–Trinajstić information content (AvgIpc) is 2.48. The first-order valence-electron chi connectivity index (χ1n) is 5.75. The fraction of sp³-hybridized carbons (Fsp3) is 0.909. The Kier molecular flexibility index (Phi) is 4.56. The topological polar surface area (TPSA) is 70.6 Å². The van der Waals surface area contributed by atoms with Gasteiger partial charge in [-0.3, -0.25) is 0 Å². The van der Waals surface area contributed by atoms with Crippen LogP contribution in [-0.4, -0.2) is 42.0 Å². The lowest BCUT2D eigenvalue weighted by Crippen LogP contribution is -2.35. The number of aliphatic hydroxyl groups is 1. The van der Waals surface area contributed by atoms with Crippen LogP contribution in [0, 0.1) is 0 Å². The van der Waals surface area contributed by atoms with Crippen LogP contribution >= 0.6 is 0 Å². The monoisotopic (exact) mass is 230 g/mol. The average molecular weight is 230 g/mol. The maximum absolute atomic E-state index is 11.3. The molecule has 1 heterocycles. The smallest absolute Gasteiger partial charge is 0.407 e. The largest absolute Gasteiger partial charge is 0.444 e. The summed E-state index contributed by atoms with van der Waals surface area (Å²) in [4.78, 5) is 11.3. The Hall–Kier alpha value is -0.810.